The van der Waals surface area contributed by atoms with Gasteiger partial charge in [-0.25, -0.2) is 0 Å². The molecule has 2 rings (SSSR count). The smallest absolute Gasteiger partial charge is 0.163 e. The number of anilines is 1. The van der Waals surface area contributed by atoms with Gasteiger partial charge in [0.15, 0.2) is 5.78 Å². The van der Waals surface area contributed by atoms with Gasteiger partial charge in [0.2, 0.25) is 0 Å². The number of rotatable bonds is 4. The zero-order valence-corrected chi connectivity index (χ0v) is 11.9. The van der Waals surface area contributed by atoms with Crippen molar-refractivity contribution < 1.29 is 9.53 Å². The second-order valence-electron chi connectivity index (χ2n) is 4.69. The van der Waals surface area contributed by atoms with Crippen LogP contribution in [0.25, 0.3) is 0 Å². The SMILES string of the molecule is Nc1ccc(C(=O)CCC2CCCCO2)cc1Br. The Labute approximate surface area is 116 Å². The molecule has 18 heavy (non-hydrogen) atoms. The Kier molecular flexibility index (Phi) is 4.78. The average molecular weight is 312 g/mol. The van der Waals surface area contributed by atoms with Crippen LogP contribution in [-0.4, -0.2) is 18.5 Å². The number of hydrogen-bond acceptors (Lipinski definition) is 3. The van der Waals surface area contributed by atoms with Gasteiger partial charge in [0.05, 0.1) is 6.10 Å². The summed E-state index contributed by atoms with van der Waals surface area (Å²) < 4.78 is 6.41. The number of nitrogen functional groups attached to an aromatic ring is 1. The second kappa shape index (κ2) is 6.34. The summed E-state index contributed by atoms with van der Waals surface area (Å²) >= 11 is 3.34. The number of halogens is 1. The average Bonchev–Trinajstić information content (AvgIpc) is 2.40. The van der Waals surface area contributed by atoms with Gasteiger partial charge in [0.1, 0.15) is 0 Å². The van der Waals surface area contributed by atoms with Gasteiger partial charge in [-0.1, -0.05) is 0 Å². The van der Waals surface area contributed by atoms with Crippen molar-refractivity contribution in [2.75, 3.05) is 12.3 Å². The maximum absolute atomic E-state index is 12.0. The Morgan fingerprint density at radius 3 is 2.94 bits per heavy atom. The van der Waals surface area contributed by atoms with Crippen molar-refractivity contribution in [3.05, 3.63) is 28.2 Å². The summed E-state index contributed by atoms with van der Waals surface area (Å²) in [6.45, 7) is 0.840. The summed E-state index contributed by atoms with van der Waals surface area (Å²) in [6.07, 6.45) is 5.07. The largest absolute Gasteiger partial charge is 0.398 e. The Hall–Kier alpha value is -0.870. The Morgan fingerprint density at radius 1 is 1.44 bits per heavy atom. The van der Waals surface area contributed by atoms with E-state index < -0.39 is 0 Å². The highest BCUT2D eigenvalue weighted by Crippen LogP contribution is 2.23. The summed E-state index contributed by atoms with van der Waals surface area (Å²) in [5.41, 5.74) is 7.07. The lowest BCUT2D eigenvalue weighted by atomic mass is 10.0. The molecule has 0 saturated carbocycles. The topological polar surface area (TPSA) is 52.3 Å². The maximum atomic E-state index is 12.0. The van der Waals surface area contributed by atoms with Crippen molar-refractivity contribution in [3.63, 3.8) is 0 Å². The number of carbonyl (C=O) groups is 1. The predicted molar refractivity (Wildman–Crippen MR) is 75.7 cm³/mol. The van der Waals surface area contributed by atoms with Crippen LogP contribution in [0.15, 0.2) is 22.7 Å². The van der Waals surface area contributed by atoms with E-state index in [1.807, 2.05) is 0 Å². The van der Waals surface area contributed by atoms with E-state index in [1.165, 1.54) is 6.42 Å². The van der Waals surface area contributed by atoms with Gasteiger partial charge < -0.3 is 10.5 Å². The van der Waals surface area contributed by atoms with Crippen LogP contribution in [0, 0.1) is 0 Å². The first-order chi connectivity index (χ1) is 8.66. The molecule has 0 amide bonds. The molecular formula is C14H18BrNO2. The number of ether oxygens (including phenoxy) is 1. The predicted octanol–water partition coefficient (Wildman–Crippen LogP) is 3.56. The lowest BCUT2D eigenvalue weighted by molar-refractivity contribution is 0.0104. The fraction of sp³-hybridized carbons (Fsp3) is 0.500. The molecule has 0 aromatic heterocycles. The highest BCUT2D eigenvalue weighted by molar-refractivity contribution is 9.10. The van der Waals surface area contributed by atoms with E-state index in [0.717, 1.165) is 30.3 Å². The van der Waals surface area contributed by atoms with Crippen molar-refractivity contribution in [1.82, 2.24) is 0 Å². The molecule has 0 radical (unpaired) electrons. The van der Waals surface area contributed by atoms with Gasteiger partial charge in [-0.3, -0.25) is 4.79 Å². The number of Topliss-reactive ketones (excluding diaryl/α,β-unsaturated/α-hetero) is 1. The van der Waals surface area contributed by atoms with Crippen molar-refractivity contribution in [3.8, 4) is 0 Å². The third-order valence-corrected chi connectivity index (χ3v) is 3.98. The van der Waals surface area contributed by atoms with E-state index in [0.29, 0.717) is 17.7 Å². The lowest BCUT2D eigenvalue weighted by Gasteiger charge is -2.22. The molecule has 4 heteroatoms. The van der Waals surface area contributed by atoms with E-state index in [9.17, 15) is 4.79 Å². The quantitative estimate of drug-likeness (QED) is 0.683. The first-order valence-corrected chi connectivity index (χ1v) is 7.16. The van der Waals surface area contributed by atoms with E-state index in [4.69, 9.17) is 10.5 Å². The highest BCUT2D eigenvalue weighted by atomic mass is 79.9. The van der Waals surface area contributed by atoms with Crippen LogP contribution in [0.1, 0.15) is 42.5 Å². The monoisotopic (exact) mass is 311 g/mol. The highest BCUT2D eigenvalue weighted by Gasteiger charge is 2.16. The molecular weight excluding hydrogens is 294 g/mol. The normalized spacial score (nSPS) is 19.7. The molecule has 2 N–H and O–H groups in total. The van der Waals surface area contributed by atoms with E-state index in [1.54, 1.807) is 18.2 Å². The van der Waals surface area contributed by atoms with E-state index >= 15 is 0 Å². The summed E-state index contributed by atoms with van der Waals surface area (Å²) in [5, 5.41) is 0. The van der Waals surface area contributed by atoms with Gasteiger partial charge in [0, 0.05) is 28.8 Å². The molecule has 1 aliphatic rings. The van der Waals surface area contributed by atoms with Gasteiger partial charge in [-0.2, -0.15) is 0 Å². The molecule has 1 heterocycles. The third kappa shape index (κ3) is 3.56. The maximum Gasteiger partial charge on any atom is 0.163 e. The minimum atomic E-state index is 0.157. The van der Waals surface area contributed by atoms with Gasteiger partial charge >= 0.3 is 0 Å². The second-order valence-corrected chi connectivity index (χ2v) is 5.54. The van der Waals surface area contributed by atoms with Crippen molar-refractivity contribution in [2.45, 2.75) is 38.2 Å². The zero-order valence-electron chi connectivity index (χ0n) is 10.3. The molecule has 1 aromatic rings. The number of carbonyl (C=O) groups excluding carboxylic acids is 1. The Morgan fingerprint density at radius 2 is 2.28 bits per heavy atom. The fourth-order valence-corrected chi connectivity index (χ4v) is 2.55. The number of benzene rings is 1. The lowest BCUT2D eigenvalue weighted by Crippen LogP contribution is -2.20. The molecule has 3 nitrogen and oxygen atoms in total. The standard InChI is InChI=1S/C14H18BrNO2/c15-12-9-10(4-6-13(12)16)14(17)7-5-11-3-1-2-8-18-11/h4,6,9,11H,1-3,5,7-8,16H2. The molecule has 1 atom stereocenters. The Balaban J connectivity index is 1.88. The Bertz CT molecular complexity index is 428. The summed E-state index contributed by atoms with van der Waals surface area (Å²) in [7, 11) is 0. The minimum Gasteiger partial charge on any atom is -0.398 e. The zero-order chi connectivity index (χ0) is 13.0. The molecule has 1 unspecified atom stereocenters. The van der Waals surface area contributed by atoms with Crippen LogP contribution < -0.4 is 5.73 Å². The molecule has 0 bridgehead atoms. The molecule has 98 valence electrons. The third-order valence-electron chi connectivity index (χ3n) is 3.29. The summed E-state index contributed by atoms with van der Waals surface area (Å²) in [6, 6.07) is 5.33. The van der Waals surface area contributed by atoms with Crippen LogP contribution in [0.2, 0.25) is 0 Å². The van der Waals surface area contributed by atoms with Crippen molar-refractivity contribution in [1.29, 1.82) is 0 Å². The number of ketones is 1. The minimum absolute atomic E-state index is 0.157. The van der Waals surface area contributed by atoms with Gasteiger partial charge in [-0.15, -0.1) is 0 Å². The molecule has 1 aromatic carbocycles. The van der Waals surface area contributed by atoms with Crippen LogP contribution in [0.4, 0.5) is 5.69 Å². The molecule has 0 aliphatic carbocycles. The fourth-order valence-electron chi connectivity index (χ4n) is 2.17. The van der Waals surface area contributed by atoms with Crippen LogP contribution in [0.5, 0.6) is 0 Å². The van der Waals surface area contributed by atoms with Gasteiger partial charge in [-0.05, 0) is 59.8 Å². The summed E-state index contributed by atoms with van der Waals surface area (Å²) in [4.78, 5) is 12.0. The number of hydrogen-bond donors (Lipinski definition) is 1. The molecule has 0 spiro atoms. The van der Waals surface area contributed by atoms with Crippen LogP contribution in [0.3, 0.4) is 0 Å². The van der Waals surface area contributed by atoms with Crippen molar-refractivity contribution in [2.24, 2.45) is 0 Å². The number of nitrogens with two attached hydrogens (primary N) is 1. The van der Waals surface area contributed by atoms with E-state index in [2.05, 4.69) is 15.9 Å². The molecule has 1 aliphatic heterocycles. The summed E-state index contributed by atoms with van der Waals surface area (Å²) in [5.74, 6) is 0.157. The molecule has 1 saturated heterocycles. The molecule has 1 fully saturated rings. The first kappa shape index (κ1) is 13.6. The van der Waals surface area contributed by atoms with Crippen molar-refractivity contribution >= 4 is 27.4 Å². The van der Waals surface area contributed by atoms with Crippen LogP contribution in [-0.2, 0) is 4.74 Å². The van der Waals surface area contributed by atoms with E-state index in [-0.39, 0.29) is 11.9 Å². The first-order valence-electron chi connectivity index (χ1n) is 6.36. The van der Waals surface area contributed by atoms with Gasteiger partial charge in [0.25, 0.3) is 0 Å². The van der Waals surface area contributed by atoms with Crippen LogP contribution >= 0.6 is 15.9 Å².